The van der Waals surface area contributed by atoms with Crippen LogP contribution in [0, 0.1) is 13.8 Å². The second-order valence-corrected chi connectivity index (χ2v) is 5.36. The van der Waals surface area contributed by atoms with Crippen LogP contribution in [0.25, 0.3) is 0 Å². The number of alkyl halides is 1. The summed E-state index contributed by atoms with van der Waals surface area (Å²) in [4.78, 5) is 15.4. The van der Waals surface area contributed by atoms with Crippen LogP contribution in [0.3, 0.4) is 0 Å². The van der Waals surface area contributed by atoms with E-state index in [4.69, 9.17) is 11.6 Å². The van der Waals surface area contributed by atoms with Crippen molar-refractivity contribution in [1.29, 1.82) is 0 Å². The number of carbonyl (C=O) groups is 1. The monoisotopic (exact) mass is 231 g/mol. The fourth-order valence-corrected chi connectivity index (χ4v) is 2.71. The van der Waals surface area contributed by atoms with Crippen LogP contribution in [0.15, 0.2) is 6.07 Å². The van der Waals surface area contributed by atoms with Crippen molar-refractivity contribution in [2.45, 2.75) is 19.2 Å². The summed E-state index contributed by atoms with van der Waals surface area (Å²) >= 11 is 7.76. The van der Waals surface area contributed by atoms with Gasteiger partial charge in [-0.1, -0.05) is 0 Å². The summed E-state index contributed by atoms with van der Waals surface area (Å²) in [7, 11) is 3.43. The summed E-state index contributed by atoms with van der Waals surface area (Å²) in [5.74, 6) is -0.0624. The zero-order valence-electron chi connectivity index (χ0n) is 8.80. The maximum absolute atomic E-state index is 11.6. The predicted molar refractivity (Wildman–Crippen MR) is 61.1 cm³/mol. The van der Waals surface area contributed by atoms with Gasteiger partial charge in [0.1, 0.15) is 5.38 Å². The van der Waals surface area contributed by atoms with E-state index in [-0.39, 0.29) is 5.91 Å². The molecule has 0 aromatic carbocycles. The van der Waals surface area contributed by atoms with E-state index in [9.17, 15) is 4.79 Å². The molecule has 0 bridgehead atoms. The van der Waals surface area contributed by atoms with Gasteiger partial charge < -0.3 is 4.90 Å². The van der Waals surface area contributed by atoms with Crippen LogP contribution in [-0.2, 0) is 4.79 Å². The van der Waals surface area contributed by atoms with E-state index < -0.39 is 5.38 Å². The van der Waals surface area contributed by atoms with Crippen LogP contribution in [0.5, 0.6) is 0 Å². The molecule has 0 spiro atoms. The Kier molecular flexibility index (Phi) is 3.56. The van der Waals surface area contributed by atoms with Crippen molar-refractivity contribution in [3.05, 3.63) is 21.4 Å². The molecule has 0 aliphatic carbocycles. The predicted octanol–water partition coefficient (Wildman–Crippen LogP) is 2.73. The number of amides is 1. The van der Waals surface area contributed by atoms with E-state index in [0.29, 0.717) is 0 Å². The molecule has 0 radical (unpaired) electrons. The summed E-state index contributed by atoms with van der Waals surface area (Å²) in [6.07, 6.45) is 0. The fourth-order valence-electron chi connectivity index (χ4n) is 1.26. The van der Waals surface area contributed by atoms with Crippen LogP contribution in [-0.4, -0.2) is 24.9 Å². The maximum atomic E-state index is 11.6. The number of hydrogen-bond acceptors (Lipinski definition) is 2. The lowest BCUT2D eigenvalue weighted by atomic mass is 10.1. The summed E-state index contributed by atoms with van der Waals surface area (Å²) in [6, 6.07) is 1.99. The van der Waals surface area contributed by atoms with Crippen molar-refractivity contribution in [2.75, 3.05) is 14.1 Å². The summed E-state index contributed by atoms with van der Waals surface area (Å²) in [5, 5.41) is -0.546. The first-order valence-electron chi connectivity index (χ1n) is 4.35. The van der Waals surface area contributed by atoms with Crippen LogP contribution in [0.2, 0.25) is 0 Å². The standard InChI is InChI=1S/C10H14ClNOS/c1-6-5-8(7(2)14-6)9(11)10(13)12(3)4/h5,9H,1-4H3. The molecule has 0 aliphatic rings. The van der Waals surface area contributed by atoms with Gasteiger partial charge in [0.25, 0.3) is 0 Å². The van der Waals surface area contributed by atoms with Crippen molar-refractivity contribution in [3.8, 4) is 0 Å². The number of likely N-dealkylation sites (N-methyl/N-ethyl adjacent to an activating group) is 1. The minimum Gasteiger partial charge on any atom is -0.347 e. The maximum Gasteiger partial charge on any atom is 0.244 e. The fraction of sp³-hybridized carbons (Fsp3) is 0.500. The molecule has 1 heterocycles. The highest BCUT2D eigenvalue weighted by atomic mass is 35.5. The topological polar surface area (TPSA) is 20.3 Å². The minimum absolute atomic E-state index is 0.0624. The molecule has 0 saturated heterocycles. The minimum atomic E-state index is -0.546. The molecule has 4 heteroatoms. The number of aryl methyl sites for hydroxylation is 2. The van der Waals surface area contributed by atoms with Crippen LogP contribution < -0.4 is 0 Å². The Labute approximate surface area is 93.5 Å². The van der Waals surface area contributed by atoms with Gasteiger partial charge in [-0.05, 0) is 25.5 Å². The lowest BCUT2D eigenvalue weighted by Gasteiger charge is -2.14. The van der Waals surface area contributed by atoms with E-state index in [0.717, 1.165) is 10.4 Å². The molecule has 0 N–H and O–H groups in total. The Bertz CT molecular complexity index is 346. The Morgan fingerprint density at radius 3 is 2.43 bits per heavy atom. The number of nitrogens with zero attached hydrogens (tertiary/aromatic N) is 1. The third-order valence-corrected chi connectivity index (χ3v) is 3.41. The van der Waals surface area contributed by atoms with Crippen molar-refractivity contribution in [1.82, 2.24) is 4.90 Å². The smallest absolute Gasteiger partial charge is 0.244 e. The van der Waals surface area contributed by atoms with Gasteiger partial charge in [-0.3, -0.25) is 4.79 Å². The molecule has 1 aromatic rings. The average Bonchev–Trinajstić information content (AvgIpc) is 2.42. The van der Waals surface area contributed by atoms with Gasteiger partial charge in [0.15, 0.2) is 0 Å². The molecule has 1 atom stereocenters. The highest BCUT2D eigenvalue weighted by Gasteiger charge is 2.22. The summed E-state index contributed by atoms with van der Waals surface area (Å²) < 4.78 is 0. The number of rotatable bonds is 2. The molecule has 1 unspecified atom stereocenters. The van der Waals surface area contributed by atoms with E-state index in [1.54, 1.807) is 25.4 Å². The molecule has 0 fully saturated rings. The normalized spacial score (nSPS) is 12.6. The number of hydrogen-bond donors (Lipinski definition) is 0. The summed E-state index contributed by atoms with van der Waals surface area (Å²) in [5.41, 5.74) is 0.938. The number of carbonyl (C=O) groups excluding carboxylic acids is 1. The quantitative estimate of drug-likeness (QED) is 0.717. The van der Waals surface area contributed by atoms with Gasteiger partial charge in [0, 0.05) is 23.8 Å². The second-order valence-electron chi connectivity index (χ2n) is 3.46. The molecule has 0 aliphatic heterocycles. The van der Waals surface area contributed by atoms with Crippen molar-refractivity contribution >= 4 is 28.8 Å². The van der Waals surface area contributed by atoms with Crippen LogP contribution >= 0.6 is 22.9 Å². The Morgan fingerprint density at radius 1 is 1.50 bits per heavy atom. The van der Waals surface area contributed by atoms with Crippen LogP contribution in [0.4, 0.5) is 0 Å². The van der Waals surface area contributed by atoms with Crippen molar-refractivity contribution in [3.63, 3.8) is 0 Å². The molecule has 1 amide bonds. The van der Waals surface area contributed by atoms with E-state index >= 15 is 0 Å². The molecule has 78 valence electrons. The molecule has 2 nitrogen and oxygen atoms in total. The van der Waals surface area contributed by atoms with Gasteiger partial charge in [-0.15, -0.1) is 22.9 Å². The molecular formula is C10H14ClNOS. The molecular weight excluding hydrogens is 218 g/mol. The number of halogens is 1. The highest BCUT2D eigenvalue weighted by Crippen LogP contribution is 2.31. The SMILES string of the molecule is Cc1cc(C(Cl)C(=O)N(C)C)c(C)s1. The lowest BCUT2D eigenvalue weighted by Crippen LogP contribution is -2.25. The Morgan fingerprint density at radius 2 is 2.07 bits per heavy atom. The van der Waals surface area contributed by atoms with Crippen molar-refractivity contribution < 1.29 is 4.79 Å². The van der Waals surface area contributed by atoms with E-state index in [1.165, 1.54) is 9.78 Å². The van der Waals surface area contributed by atoms with Gasteiger partial charge >= 0.3 is 0 Å². The van der Waals surface area contributed by atoms with Gasteiger partial charge in [-0.2, -0.15) is 0 Å². The average molecular weight is 232 g/mol. The largest absolute Gasteiger partial charge is 0.347 e. The Balaban J connectivity index is 2.94. The third kappa shape index (κ3) is 2.28. The second kappa shape index (κ2) is 4.32. The summed E-state index contributed by atoms with van der Waals surface area (Å²) in [6.45, 7) is 4.01. The van der Waals surface area contributed by atoms with E-state index in [2.05, 4.69) is 0 Å². The molecule has 0 saturated carbocycles. The lowest BCUT2D eigenvalue weighted by molar-refractivity contribution is -0.128. The van der Waals surface area contributed by atoms with Gasteiger partial charge in [-0.25, -0.2) is 0 Å². The first kappa shape index (κ1) is 11.5. The van der Waals surface area contributed by atoms with Crippen LogP contribution in [0.1, 0.15) is 20.7 Å². The third-order valence-electron chi connectivity index (χ3n) is 2.01. The first-order chi connectivity index (χ1) is 6.43. The highest BCUT2D eigenvalue weighted by molar-refractivity contribution is 7.12. The zero-order valence-corrected chi connectivity index (χ0v) is 10.4. The van der Waals surface area contributed by atoms with Gasteiger partial charge in [0.05, 0.1) is 0 Å². The number of thiophene rings is 1. The van der Waals surface area contributed by atoms with Gasteiger partial charge in [0.2, 0.25) is 5.91 Å². The molecule has 14 heavy (non-hydrogen) atoms. The molecule has 1 aromatic heterocycles. The van der Waals surface area contributed by atoms with Crippen molar-refractivity contribution in [2.24, 2.45) is 0 Å². The first-order valence-corrected chi connectivity index (χ1v) is 5.61. The van der Waals surface area contributed by atoms with E-state index in [1.807, 2.05) is 19.9 Å². The molecule has 1 rings (SSSR count). The zero-order chi connectivity index (χ0) is 10.9. The Hall–Kier alpha value is -0.540.